The van der Waals surface area contributed by atoms with Crippen molar-refractivity contribution in [2.24, 2.45) is 0 Å². The van der Waals surface area contributed by atoms with Crippen LogP contribution in [0, 0.1) is 0 Å². The van der Waals surface area contributed by atoms with E-state index in [0.717, 1.165) is 41.9 Å². The topological polar surface area (TPSA) is 79.7 Å². The summed E-state index contributed by atoms with van der Waals surface area (Å²) in [5, 5.41) is 10.9. The van der Waals surface area contributed by atoms with Crippen LogP contribution in [0.3, 0.4) is 0 Å². The lowest BCUT2D eigenvalue weighted by Gasteiger charge is -2.24. The van der Waals surface area contributed by atoms with Crippen LogP contribution < -0.4 is 4.90 Å². The van der Waals surface area contributed by atoms with Crippen molar-refractivity contribution in [2.45, 2.75) is 44.6 Å². The molecular formula is C18H20N6O. The van der Waals surface area contributed by atoms with Gasteiger partial charge in [0.05, 0.1) is 11.0 Å². The van der Waals surface area contributed by atoms with Crippen LogP contribution >= 0.6 is 0 Å². The number of amides is 1. The lowest BCUT2D eigenvalue weighted by Crippen LogP contribution is -2.36. The smallest absolute Gasteiger partial charge is 0.230 e. The van der Waals surface area contributed by atoms with Crippen molar-refractivity contribution in [1.82, 2.24) is 25.0 Å². The van der Waals surface area contributed by atoms with Crippen LogP contribution in [0.15, 0.2) is 24.3 Å². The Morgan fingerprint density at radius 2 is 2.12 bits per heavy atom. The Balaban J connectivity index is 1.39. The molecule has 7 heteroatoms. The van der Waals surface area contributed by atoms with Gasteiger partial charge >= 0.3 is 0 Å². The van der Waals surface area contributed by atoms with Crippen molar-refractivity contribution in [1.29, 1.82) is 0 Å². The normalized spacial score (nSPS) is 17.0. The van der Waals surface area contributed by atoms with Gasteiger partial charge in [0.1, 0.15) is 11.5 Å². The highest BCUT2D eigenvalue weighted by Gasteiger charge is 2.30. The highest BCUT2D eigenvalue weighted by molar-refractivity contribution is 5.93. The zero-order valence-corrected chi connectivity index (χ0v) is 14.0. The highest BCUT2D eigenvalue weighted by atomic mass is 16.2. The number of fused-ring (bicyclic) bond motifs is 2. The Labute approximate surface area is 145 Å². The second-order valence-electron chi connectivity index (χ2n) is 6.88. The number of aromatic amines is 1. The number of aryl methyl sites for hydroxylation is 2. The third kappa shape index (κ3) is 2.50. The van der Waals surface area contributed by atoms with Gasteiger partial charge in [0, 0.05) is 25.4 Å². The summed E-state index contributed by atoms with van der Waals surface area (Å²) in [4.78, 5) is 19.4. The molecule has 3 aromatic rings. The van der Waals surface area contributed by atoms with Gasteiger partial charge in [0.15, 0.2) is 5.82 Å². The van der Waals surface area contributed by atoms with Crippen molar-refractivity contribution in [2.75, 3.05) is 11.4 Å². The molecule has 5 rings (SSSR count). The standard InChI is InChI=1S/C18H20N6O/c25-16(24-10-3-5-14-18(24)21-22-20-14)9-11-23-15-6-2-1-4-13(15)19-17(23)12-7-8-12/h1-2,4,6,12H,3,5,7-11H2,(H,20,21,22). The number of benzene rings is 1. The third-order valence-corrected chi connectivity index (χ3v) is 5.13. The SMILES string of the molecule is O=C(CCn1c(C2CC2)nc2ccccc21)N1CCCc2n[nH]nc21. The van der Waals surface area contributed by atoms with Crippen LogP contribution in [0.1, 0.15) is 43.1 Å². The average molecular weight is 336 g/mol. The maximum atomic E-state index is 12.8. The van der Waals surface area contributed by atoms with Crippen molar-refractivity contribution in [3.63, 3.8) is 0 Å². The summed E-state index contributed by atoms with van der Waals surface area (Å²) in [6.45, 7) is 1.38. The lowest BCUT2D eigenvalue weighted by molar-refractivity contribution is -0.118. The number of para-hydroxylation sites is 2. The minimum Gasteiger partial charge on any atom is -0.327 e. The molecule has 1 N–H and O–H groups in total. The van der Waals surface area contributed by atoms with E-state index in [9.17, 15) is 4.79 Å². The fourth-order valence-corrected chi connectivity index (χ4v) is 3.71. The van der Waals surface area contributed by atoms with Gasteiger partial charge in [-0.1, -0.05) is 12.1 Å². The van der Waals surface area contributed by atoms with Gasteiger partial charge in [-0.05, 0) is 37.8 Å². The summed E-state index contributed by atoms with van der Waals surface area (Å²) < 4.78 is 2.23. The van der Waals surface area contributed by atoms with E-state index in [2.05, 4.69) is 26.0 Å². The molecule has 2 aromatic heterocycles. The monoisotopic (exact) mass is 336 g/mol. The number of carbonyl (C=O) groups excluding carboxylic acids is 1. The number of imidazole rings is 1. The third-order valence-electron chi connectivity index (χ3n) is 5.13. The van der Waals surface area contributed by atoms with Gasteiger partial charge in [0.2, 0.25) is 5.91 Å². The molecule has 0 atom stereocenters. The van der Waals surface area contributed by atoms with Crippen LogP contribution in [0.2, 0.25) is 0 Å². The molecule has 1 saturated carbocycles. The number of rotatable bonds is 4. The minimum atomic E-state index is 0.106. The molecule has 0 unspecified atom stereocenters. The number of aromatic nitrogens is 5. The maximum Gasteiger partial charge on any atom is 0.230 e. The summed E-state index contributed by atoms with van der Waals surface area (Å²) in [7, 11) is 0. The number of anilines is 1. The van der Waals surface area contributed by atoms with Gasteiger partial charge in [-0.25, -0.2) is 4.98 Å². The van der Waals surface area contributed by atoms with Gasteiger partial charge in [-0.3, -0.25) is 9.69 Å². The first-order chi connectivity index (χ1) is 12.3. The first-order valence-electron chi connectivity index (χ1n) is 8.96. The van der Waals surface area contributed by atoms with E-state index < -0.39 is 0 Å². The summed E-state index contributed by atoms with van der Waals surface area (Å²) in [5.74, 6) is 2.50. The number of hydrogen-bond acceptors (Lipinski definition) is 4. The lowest BCUT2D eigenvalue weighted by atomic mass is 10.1. The number of hydrogen-bond donors (Lipinski definition) is 1. The summed E-state index contributed by atoms with van der Waals surface area (Å²) in [6.07, 6.45) is 4.67. The van der Waals surface area contributed by atoms with E-state index in [1.165, 1.54) is 12.8 Å². The van der Waals surface area contributed by atoms with Crippen LogP contribution in [-0.2, 0) is 17.8 Å². The minimum absolute atomic E-state index is 0.106. The van der Waals surface area contributed by atoms with Gasteiger partial charge < -0.3 is 4.57 Å². The molecule has 3 heterocycles. The first kappa shape index (κ1) is 14.6. The van der Waals surface area contributed by atoms with Crippen LogP contribution in [-0.4, -0.2) is 37.4 Å². The summed E-state index contributed by atoms with van der Waals surface area (Å²) >= 11 is 0. The highest BCUT2D eigenvalue weighted by Crippen LogP contribution is 2.40. The van der Waals surface area contributed by atoms with Crippen LogP contribution in [0.4, 0.5) is 5.82 Å². The molecule has 0 spiro atoms. The second-order valence-corrected chi connectivity index (χ2v) is 6.88. The Hall–Kier alpha value is -2.70. The van der Waals surface area contributed by atoms with E-state index in [1.54, 1.807) is 4.90 Å². The van der Waals surface area contributed by atoms with E-state index in [-0.39, 0.29) is 5.91 Å². The Kier molecular flexibility index (Phi) is 3.33. The molecule has 7 nitrogen and oxygen atoms in total. The van der Waals surface area contributed by atoms with Crippen molar-refractivity contribution < 1.29 is 4.79 Å². The van der Waals surface area contributed by atoms with Crippen molar-refractivity contribution in [3.05, 3.63) is 35.8 Å². The first-order valence-corrected chi connectivity index (χ1v) is 8.96. The molecule has 1 aromatic carbocycles. The average Bonchev–Trinajstić information content (AvgIpc) is 3.25. The summed E-state index contributed by atoms with van der Waals surface area (Å²) in [5.41, 5.74) is 3.04. The molecule has 1 amide bonds. The molecule has 1 fully saturated rings. The maximum absolute atomic E-state index is 12.8. The molecule has 0 saturated heterocycles. The Morgan fingerprint density at radius 1 is 1.24 bits per heavy atom. The van der Waals surface area contributed by atoms with E-state index in [0.29, 0.717) is 24.7 Å². The second kappa shape index (κ2) is 5.68. The van der Waals surface area contributed by atoms with Gasteiger partial charge in [0.25, 0.3) is 0 Å². The Bertz CT molecular complexity index is 938. The van der Waals surface area contributed by atoms with Crippen molar-refractivity contribution in [3.8, 4) is 0 Å². The fraction of sp³-hybridized carbons (Fsp3) is 0.444. The largest absolute Gasteiger partial charge is 0.327 e. The molecule has 128 valence electrons. The molecule has 1 aliphatic carbocycles. The Morgan fingerprint density at radius 3 is 3.00 bits per heavy atom. The predicted octanol–water partition coefficient (Wildman–Crippen LogP) is 2.40. The van der Waals surface area contributed by atoms with E-state index >= 15 is 0 Å². The molecule has 25 heavy (non-hydrogen) atoms. The van der Waals surface area contributed by atoms with Crippen molar-refractivity contribution >= 4 is 22.8 Å². The quantitative estimate of drug-likeness (QED) is 0.793. The zero-order valence-electron chi connectivity index (χ0n) is 14.0. The summed E-state index contributed by atoms with van der Waals surface area (Å²) in [6, 6.07) is 8.19. The molecule has 2 aliphatic rings. The van der Waals surface area contributed by atoms with E-state index in [4.69, 9.17) is 4.98 Å². The number of nitrogens with zero attached hydrogens (tertiary/aromatic N) is 5. The van der Waals surface area contributed by atoms with Crippen LogP contribution in [0.5, 0.6) is 0 Å². The fourth-order valence-electron chi connectivity index (χ4n) is 3.71. The molecule has 0 radical (unpaired) electrons. The number of H-pyrrole nitrogens is 1. The zero-order chi connectivity index (χ0) is 16.8. The number of nitrogens with one attached hydrogen (secondary N) is 1. The van der Waals surface area contributed by atoms with Gasteiger partial charge in [-0.15, -0.1) is 5.10 Å². The predicted molar refractivity (Wildman–Crippen MR) is 93.4 cm³/mol. The number of carbonyl (C=O) groups is 1. The van der Waals surface area contributed by atoms with Crippen LogP contribution in [0.25, 0.3) is 11.0 Å². The molecular weight excluding hydrogens is 316 g/mol. The van der Waals surface area contributed by atoms with E-state index in [1.807, 2.05) is 18.2 Å². The molecule has 0 bridgehead atoms. The van der Waals surface area contributed by atoms with Gasteiger partial charge in [-0.2, -0.15) is 10.3 Å². The molecule has 1 aliphatic heterocycles.